The smallest absolute Gasteiger partial charge is 0.253 e. The molecule has 114 valence electrons. The van der Waals surface area contributed by atoms with Gasteiger partial charge in [-0.25, -0.2) is 0 Å². The Hall–Kier alpha value is -1.84. The molecule has 4 heteroatoms. The van der Waals surface area contributed by atoms with Crippen molar-refractivity contribution in [2.75, 3.05) is 13.1 Å². The maximum absolute atomic E-state index is 12.6. The van der Waals surface area contributed by atoms with Crippen LogP contribution in [0.15, 0.2) is 24.3 Å². The van der Waals surface area contributed by atoms with Gasteiger partial charge in [0.2, 0.25) is 5.91 Å². The van der Waals surface area contributed by atoms with Crippen molar-refractivity contribution >= 4 is 11.8 Å². The van der Waals surface area contributed by atoms with Crippen LogP contribution >= 0.6 is 0 Å². The second kappa shape index (κ2) is 5.88. The van der Waals surface area contributed by atoms with Crippen molar-refractivity contribution < 1.29 is 9.59 Å². The van der Waals surface area contributed by atoms with Crippen molar-refractivity contribution in [2.45, 2.75) is 33.6 Å². The summed E-state index contributed by atoms with van der Waals surface area (Å²) in [5, 5.41) is 0. The number of primary amides is 1. The first-order valence-electron chi connectivity index (χ1n) is 7.48. The Morgan fingerprint density at radius 2 is 1.76 bits per heavy atom. The molecule has 0 aliphatic carbocycles. The molecule has 4 nitrogen and oxygen atoms in total. The first-order valence-corrected chi connectivity index (χ1v) is 7.48. The maximum atomic E-state index is 12.6. The third-order valence-corrected chi connectivity index (χ3v) is 4.20. The van der Waals surface area contributed by atoms with E-state index in [2.05, 4.69) is 20.8 Å². The van der Waals surface area contributed by atoms with Crippen LogP contribution in [0, 0.1) is 11.3 Å². The standard InChI is InChI=1S/C17H24N2O2/c1-12-10-17(2,3)8-9-19(11-12)16(21)14-6-4-13(5-7-14)15(18)20/h4-7,12H,8-11H2,1-3H3,(H2,18,20). The highest BCUT2D eigenvalue weighted by molar-refractivity contribution is 5.97. The zero-order valence-corrected chi connectivity index (χ0v) is 13.1. The first kappa shape index (κ1) is 15.5. The maximum Gasteiger partial charge on any atom is 0.253 e. The van der Waals surface area contributed by atoms with Gasteiger partial charge in [0.25, 0.3) is 5.91 Å². The van der Waals surface area contributed by atoms with Gasteiger partial charge in [-0.05, 0) is 48.4 Å². The number of rotatable bonds is 2. The zero-order valence-electron chi connectivity index (χ0n) is 13.1. The van der Waals surface area contributed by atoms with E-state index in [1.807, 2.05) is 4.90 Å². The molecule has 21 heavy (non-hydrogen) atoms. The summed E-state index contributed by atoms with van der Waals surface area (Å²) in [7, 11) is 0. The topological polar surface area (TPSA) is 63.4 Å². The summed E-state index contributed by atoms with van der Waals surface area (Å²) in [6.45, 7) is 8.30. The lowest BCUT2D eigenvalue weighted by Gasteiger charge is -2.23. The van der Waals surface area contributed by atoms with Gasteiger partial charge in [-0.1, -0.05) is 20.8 Å². The SMILES string of the molecule is CC1CN(C(=O)c2ccc(C(N)=O)cc2)CCC(C)(C)C1. The average molecular weight is 288 g/mol. The molecule has 1 aromatic rings. The van der Waals surface area contributed by atoms with Crippen LogP contribution in [0.25, 0.3) is 0 Å². The fourth-order valence-electron chi connectivity index (χ4n) is 3.16. The van der Waals surface area contributed by atoms with Crippen LogP contribution in [-0.4, -0.2) is 29.8 Å². The lowest BCUT2D eigenvalue weighted by Crippen LogP contribution is -2.34. The number of nitrogens with two attached hydrogens (primary N) is 1. The van der Waals surface area contributed by atoms with Crippen LogP contribution in [0.4, 0.5) is 0 Å². The van der Waals surface area contributed by atoms with Gasteiger partial charge in [0.1, 0.15) is 0 Å². The molecular weight excluding hydrogens is 264 g/mol. The van der Waals surface area contributed by atoms with E-state index in [9.17, 15) is 9.59 Å². The van der Waals surface area contributed by atoms with E-state index in [1.165, 1.54) is 0 Å². The Kier molecular flexibility index (Phi) is 4.35. The normalized spacial score (nSPS) is 21.7. The molecule has 2 amide bonds. The number of hydrogen-bond acceptors (Lipinski definition) is 2. The van der Waals surface area contributed by atoms with Crippen molar-refractivity contribution in [1.29, 1.82) is 0 Å². The number of likely N-dealkylation sites (tertiary alicyclic amines) is 1. The highest BCUT2D eigenvalue weighted by atomic mass is 16.2. The fourth-order valence-corrected chi connectivity index (χ4v) is 3.16. The predicted octanol–water partition coefficient (Wildman–Crippen LogP) is 2.68. The number of hydrogen-bond donors (Lipinski definition) is 1. The molecule has 1 aromatic carbocycles. The number of benzene rings is 1. The van der Waals surface area contributed by atoms with E-state index < -0.39 is 5.91 Å². The molecule has 1 aliphatic heterocycles. The second-order valence-electron chi connectivity index (χ2n) is 6.92. The molecule has 2 N–H and O–H groups in total. The molecule has 0 bridgehead atoms. The van der Waals surface area contributed by atoms with Crippen LogP contribution in [0.1, 0.15) is 54.3 Å². The summed E-state index contributed by atoms with van der Waals surface area (Å²) in [4.78, 5) is 25.6. The number of amides is 2. The fraction of sp³-hybridized carbons (Fsp3) is 0.529. The minimum absolute atomic E-state index is 0.0376. The summed E-state index contributed by atoms with van der Waals surface area (Å²) in [5.74, 6) is 0.0612. The van der Waals surface area contributed by atoms with Crippen molar-refractivity contribution in [1.82, 2.24) is 4.90 Å². The first-order chi connectivity index (χ1) is 9.78. The molecule has 1 fully saturated rings. The highest BCUT2D eigenvalue weighted by Crippen LogP contribution is 2.33. The van der Waals surface area contributed by atoms with E-state index in [4.69, 9.17) is 5.73 Å². The van der Waals surface area contributed by atoms with Crippen molar-refractivity contribution in [2.24, 2.45) is 17.1 Å². The van der Waals surface area contributed by atoms with Gasteiger partial charge in [-0.15, -0.1) is 0 Å². The number of nitrogens with zero attached hydrogens (tertiary/aromatic N) is 1. The molecule has 0 radical (unpaired) electrons. The Bertz CT molecular complexity index is 534. The molecule has 2 rings (SSSR count). The van der Waals surface area contributed by atoms with Gasteiger partial charge < -0.3 is 10.6 Å². The molecule has 1 saturated heterocycles. The average Bonchev–Trinajstić information content (AvgIpc) is 2.55. The molecule has 1 atom stereocenters. The van der Waals surface area contributed by atoms with Gasteiger partial charge in [0, 0.05) is 24.2 Å². The van der Waals surface area contributed by atoms with E-state index in [0.29, 0.717) is 17.0 Å². The van der Waals surface area contributed by atoms with Crippen LogP contribution in [0.3, 0.4) is 0 Å². The summed E-state index contributed by atoms with van der Waals surface area (Å²) < 4.78 is 0. The minimum atomic E-state index is -0.473. The molecule has 1 unspecified atom stereocenters. The Morgan fingerprint density at radius 3 is 2.33 bits per heavy atom. The molecule has 0 spiro atoms. The molecular formula is C17H24N2O2. The Balaban J connectivity index is 2.13. The van der Waals surface area contributed by atoms with E-state index >= 15 is 0 Å². The lowest BCUT2D eigenvalue weighted by molar-refractivity contribution is 0.0743. The molecule has 1 heterocycles. The zero-order chi connectivity index (χ0) is 15.6. The predicted molar refractivity (Wildman–Crippen MR) is 83.0 cm³/mol. The third-order valence-electron chi connectivity index (χ3n) is 4.20. The van der Waals surface area contributed by atoms with Gasteiger partial charge in [-0.3, -0.25) is 9.59 Å². The summed E-state index contributed by atoms with van der Waals surface area (Å²) in [6, 6.07) is 6.59. The monoisotopic (exact) mass is 288 g/mol. The van der Waals surface area contributed by atoms with E-state index in [0.717, 1.165) is 25.9 Å². The summed E-state index contributed by atoms with van der Waals surface area (Å²) in [5.41, 5.74) is 6.54. The largest absolute Gasteiger partial charge is 0.366 e. The number of carbonyl (C=O) groups is 2. The second-order valence-corrected chi connectivity index (χ2v) is 6.92. The third kappa shape index (κ3) is 3.84. The highest BCUT2D eigenvalue weighted by Gasteiger charge is 2.29. The summed E-state index contributed by atoms with van der Waals surface area (Å²) in [6.07, 6.45) is 2.15. The van der Waals surface area contributed by atoms with Crippen LogP contribution in [0.5, 0.6) is 0 Å². The Morgan fingerprint density at radius 1 is 1.19 bits per heavy atom. The lowest BCUT2D eigenvalue weighted by atomic mass is 9.82. The van der Waals surface area contributed by atoms with Gasteiger partial charge in [0.15, 0.2) is 0 Å². The number of carbonyl (C=O) groups excluding carboxylic acids is 2. The van der Waals surface area contributed by atoms with Gasteiger partial charge >= 0.3 is 0 Å². The molecule has 0 saturated carbocycles. The van der Waals surface area contributed by atoms with E-state index in [1.54, 1.807) is 24.3 Å². The van der Waals surface area contributed by atoms with Crippen LogP contribution in [0.2, 0.25) is 0 Å². The molecule has 1 aliphatic rings. The van der Waals surface area contributed by atoms with Crippen molar-refractivity contribution in [3.05, 3.63) is 35.4 Å². The minimum Gasteiger partial charge on any atom is -0.366 e. The van der Waals surface area contributed by atoms with Gasteiger partial charge in [-0.2, -0.15) is 0 Å². The van der Waals surface area contributed by atoms with Crippen molar-refractivity contribution in [3.63, 3.8) is 0 Å². The van der Waals surface area contributed by atoms with E-state index in [-0.39, 0.29) is 11.3 Å². The molecule has 0 aromatic heterocycles. The Labute approximate surface area is 126 Å². The quantitative estimate of drug-likeness (QED) is 0.909. The van der Waals surface area contributed by atoms with Crippen molar-refractivity contribution in [3.8, 4) is 0 Å². The van der Waals surface area contributed by atoms with Crippen LogP contribution in [-0.2, 0) is 0 Å². The van der Waals surface area contributed by atoms with Crippen LogP contribution < -0.4 is 5.73 Å². The summed E-state index contributed by atoms with van der Waals surface area (Å²) >= 11 is 0. The van der Waals surface area contributed by atoms with Gasteiger partial charge in [0.05, 0.1) is 0 Å².